The Morgan fingerprint density at radius 1 is 0.372 bits per heavy atom. The van der Waals surface area contributed by atoms with Crippen molar-refractivity contribution >= 4 is 45.6 Å². The highest BCUT2D eigenvalue weighted by Crippen LogP contribution is 2.44. The molecule has 10 fully saturated rings. The molecular weight excluding hydrogens is 2050 g/mol. The molecule has 36 N–H and O–H groups in total. The number of amides is 3. The Kier molecular flexibility index (Phi) is 45.1. The van der Waals surface area contributed by atoms with E-state index in [9.17, 15) is 192 Å². The van der Waals surface area contributed by atoms with Crippen LogP contribution in [0.1, 0.15) is 61.3 Å². The fraction of sp³-hybridized carbons (Fsp3) is 0.940. The van der Waals surface area contributed by atoms with Gasteiger partial charge in [-0.1, -0.05) is 50.5 Å². The second-order valence-corrected chi connectivity index (χ2v) is 38.3. The molecule has 10 aliphatic rings. The molecule has 20 unspecified atom stereocenters. The standard InChI is InChI=1S/C83H140BrN3O58/c1-22(19-126-78-69(57(116)51(110)33(13-90)130-78)142-74-25(4)47(106)64(37(17-94)133-74)139-76-59(118)55(114)53(112)39(135-76)20-127-82(80(122)123)8-29(98)42(85-27(6)96)66(144-82)49(108)31(100)11-88)44(103)68(61(120)72(121)137-62-36(16-93)132-73(24(3)46(62)105)138-63-35(15-92)129-71(23(2)45(63)104)87-41(102)10-84)141-79-70(58(117)52(111)34(14-91)131-79)143-75-26(5)48(107)65(38(18-95)134-75)140-77-60(119)56(115)54(113)40(136-77)21-128-83(81(124)125)9-30(99)43(86-28(7)97)67(145-83)50(109)32(101)12-89/h22-26,29-40,42-79,88-95,98-101,103-121H,8-21H2,1-7H3,(H,85,96)(H,86,97)(H,87,102)(H,122,123)(H,124,125)/t22?,23-,24-,25?,26-,29+,30+,31+,32+,33?,34+,35?,36?,37-,38?,39?,40?,42+,43+,44+,45?,46?,47?,48?,49+,50+,51+,52+,53-,54-,55?,56?,57?,58?,59-,60-,61+,62+,63+,64+,65+,66?,67?,68?,69+,70?,71+,72-,73-,74-,75-,76-,77-,78-,79+,82+,83+/m0/s1. The molecule has 10 heterocycles. The molecule has 0 radical (unpaired) electrons. The minimum atomic E-state index is -3.07. The van der Waals surface area contributed by atoms with Crippen molar-refractivity contribution in [3.63, 3.8) is 0 Å². The molecule has 10 rings (SSSR count). The summed E-state index contributed by atoms with van der Waals surface area (Å²) in [5, 5.41) is 377. The molecule has 10 aliphatic heterocycles. The predicted octanol–water partition coefficient (Wildman–Crippen LogP) is -20.4. The normalized spacial score (nSPS) is 45.8. The summed E-state index contributed by atoms with van der Waals surface area (Å²) in [7, 11) is 0. The number of halogens is 1. The van der Waals surface area contributed by atoms with E-state index in [0.29, 0.717) is 0 Å². The molecule has 57 atom stereocenters. The van der Waals surface area contributed by atoms with E-state index in [1.165, 1.54) is 27.7 Å². The Bertz CT molecular complexity index is 4010. The average Bonchev–Trinajstić information content (AvgIpc) is 0.810. The van der Waals surface area contributed by atoms with Gasteiger partial charge in [0.1, 0.15) is 202 Å². The number of ether oxygens (including phenoxy) is 20. The number of aliphatic hydroxyl groups is 31. The highest BCUT2D eigenvalue weighted by Gasteiger charge is 2.64. The van der Waals surface area contributed by atoms with Crippen LogP contribution in [0.3, 0.4) is 0 Å². The van der Waals surface area contributed by atoms with Gasteiger partial charge in [0.05, 0.1) is 133 Å². The monoisotopic (exact) mass is 2190 g/mol. The summed E-state index contributed by atoms with van der Waals surface area (Å²) < 4.78 is 119. The number of nitrogens with one attached hydrogen (secondary N) is 3. The minimum Gasteiger partial charge on any atom is -0.477 e. The zero-order valence-corrected chi connectivity index (χ0v) is 80.6. The van der Waals surface area contributed by atoms with Gasteiger partial charge in [0.2, 0.25) is 17.7 Å². The maximum atomic E-state index is 13.0. The van der Waals surface area contributed by atoms with E-state index >= 15 is 0 Å². The summed E-state index contributed by atoms with van der Waals surface area (Å²) in [6, 6.07) is -3.31. The van der Waals surface area contributed by atoms with Gasteiger partial charge in [-0.3, -0.25) is 14.4 Å². The molecule has 145 heavy (non-hydrogen) atoms. The quantitative estimate of drug-likeness (QED) is 0.0199. The molecule has 0 aliphatic carbocycles. The number of hydrogen-bond donors (Lipinski definition) is 36. The van der Waals surface area contributed by atoms with Crippen LogP contribution in [0, 0.1) is 29.6 Å². The van der Waals surface area contributed by atoms with Crippen LogP contribution in [0.25, 0.3) is 0 Å². The zero-order chi connectivity index (χ0) is 108. The van der Waals surface area contributed by atoms with Crippen molar-refractivity contribution in [2.24, 2.45) is 29.6 Å². The van der Waals surface area contributed by atoms with Crippen LogP contribution < -0.4 is 16.0 Å². The molecule has 0 spiro atoms. The van der Waals surface area contributed by atoms with Crippen molar-refractivity contribution in [3.05, 3.63) is 0 Å². The van der Waals surface area contributed by atoms with Crippen molar-refractivity contribution < 1.29 is 287 Å². The first kappa shape index (κ1) is 123. The number of rotatable bonds is 45. The summed E-state index contributed by atoms with van der Waals surface area (Å²) in [4.78, 5) is 62.7. The molecule has 3 amide bonds. The third-order valence-electron chi connectivity index (χ3n) is 27.6. The maximum absolute atomic E-state index is 13.0. The Morgan fingerprint density at radius 3 is 1.08 bits per heavy atom. The molecule has 0 aromatic carbocycles. The Labute approximate surface area is 832 Å². The van der Waals surface area contributed by atoms with Gasteiger partial charge in [0.25, 0.3) is 11.6 Å². The van der Waals surface area contributed by atoms with Crippen LogP contribution in [0.5, 0.6) is 0 Å². The SMILES string of the molecule is CC(=O)N[C@H]1C([C@H](O)[C@H](O)CO)O[C@@](OCC2O[C@@H](O[C@@H]3C(CO)O[C@@H](OC4C(O)[C@H](O)[C@@H](CO)O[C@@H]4OC([C@H](O)C(C)CO[C@H]4OC(CO)[C@@H](O)C(O)[C@H]4O[C@@H]4O[C@@H](CO)[C@@H](O[C@@H]5OC(CO[C@]6(C(=O)O)C[C@@H](O)[C@@H](NC(C)=O)C([C@H](O)[C@H](O)CO)O6)[C@H](O)C(O)[C@@H]5O)C(O)C4C)[C@@H](O)[C@@H](O)O[C@@H]4C(CO)O[C@@H](O[C@@H]5C(CO)O[C@@H](NC(=O)CBr)[C@@H](C)C5O)[C@@H](C)C4O)[C@@H](C)C3O)[C@@H](O)C(O)[C@H]2O)(C(=O)O)C[C@H]1O. The molecule has 62 heteroatoms. The topological polar surface area (TPSA) is 974 Å². The number of hydrogen-bond acceptors (Lipinski definition) is 56. The Hall–Kier alpha value is -4.21. The predicted molar refractivity (Wildman–Crippen MR) is 459 cm³/mol. The first-order chi connectivity index (χ1) is 68.2. The van der Waals surface area contributed by atoms with E-state index in [2.05, 4.69) is 31.9 Å². The van der Waals surface area contributed by atoms with Crippen molar-refractivity contribution in [3.8, 4) is 0 Å². The van der Waals surface area contributed by atoms with Crippen LogP contribution >= 0.6 is 15.9 Å². The lowest BCUT2D eigenvalue weighted by Gasteiger charge is -2.49. The molecule has 0 saturated carbocycles. The zero-order valence-electron chi connectivity index (χ0n) is 79.0. The molecule has 0 aromatic rings. The first-order valence-electron chi connectivity index (χ1n) is 46.7. The smallest absolute Gasteiger partial charge is 0.364 e. The summed E-state index contributed by atoms with van der Waals surface area (Å²) in [5.41, 5.74) is 0. The first-order valence-corrected chi connectivity index (χ1v) is 47.8. The molecular formula is C83H140BrN3O58. The fourth-order valence-corrected chi connectivity index (χ4v) is 18.8. The number of carboxylic acid groups (broad SMARTS) is 2. The lowest BCUT2D eigenvalue weighted by molar-refractivity contribution is -0.389. The number of aliphatic hydroxyl groups excluding tert-OH is 31. The molecule has 61 nitrogen and oxygen atoms in total. The van der Waals surface area contributed by atoms with E-state index < -0.39 is 463 Å². The Balaban J connectivity index is 0.891. The van der Waals surface area contributed by atoms with Gasteiger partial charge in [0, 0.05) is 56.3 Å². The van der Waals surface area contributed by atoms with Crippen molar-refractivity contribution in [1.82, 2.24) is 16.0 Å². The minimum absolute atomic E-state index is 0.178. The number of alkyl halides is 1. The number of carboxylic acids is 2. The highest BCUT2D eigenvalue weighted by atomic mass is 79.9. The van der Waals surface area contributed by atoms with Crippen LogP contribution in [0.4, 0.5) is 0 Å². The summed E-state index contributed by atoms with van der Waals surface area (Å²) in [6.45, 7) is -4.02. The second kappa shape index (κ2) is 53.3. The van der Waals surface area contributed by atoms with Crippen molar-refractivity contribution in [2.75, 3.05) is 78.0 Å². The molecule has 0 aromatic heterocycles. The van der Waals surface area contributed by atoms with E-state index in [0.717, 1.165) is 20.8 Å². The molecule has 0 bridgehead atoms. The van der Waals surface area contributed by atoms with Crippen LogP contribution in [0.2, 0.25) is 0 Å². The van der Waals surface area contributed by atoms with Crippen LogP contribution in [0.15, 0.2) is 0 Å². The lowest BCUT2D eigenvalue weighted by Crippen LogP contribution is -2.68. The lowest BCUT2D eigenvalue weighted by atomic mass is 9.88. The van der Waals surface area contributed by atoms with E-state index in [1.807, 2.05) is 0 Å². The van der Waals surface area contributed by atoms with Gasteiger partial charge in [0.15, 0.2) is 50.3 Å². The van der Waals surface area contributed by atoms with Gasteiger partial charge in [-0.05, 0) is 0 Å². The van der Waals surface area contributed by atoms with E-state index in [-0.39, 0.29) is 5.33 Å². The molecule has 10 saturated heterocycles. The van der Waals surface area contributed by atoms with Gasteiger partial charge >= 0.3 is 11.9 Å². The van der Waals surface area contributed by atoms with Crippen LogP contribution in [-0.4, -0.2) is 594 Å². The largest absolute Gasteiger partial charge is 0.477 e. The van der Waals surface area contributed by atoms with Crippen molar-refractivity contribution in [1.29, 1.82) is 0 Å². The van der Waals surface area contributed by atoms with Crippen LogP contribution in [-0.2, 0) is 119 Å². The van der Waals surface area contributed by atoms with E-state index in [1.54, 1.807) is 0 Å². The van der Waals surface area contributed by atoms with Gasteiger partial charge < -0.3 is 279 Å². The van der Waals surface area contributed by atoms with E-state index in [4.69, 9.17) is 94.7 Å². The maximum Gasteiger partial charge on any atom is 0.364 e. The summed E-state index contributed by atoms with van der Waals surface area (Å²) in [5.74, 6) is -19.5. The fourth-order valence-electron chi connectivity index (χ4n) is 18.7. The summed E-state index contributed by atoms with van der Waals surface area (Å²) >= 11 is 3.02. The number of aliphatic carboxylic acids is 2. The highest BCUT2D eigenvalue weighted by molar-refractivity contribution is 9.09. The van der Waals surface area contributed by atoms with Gasteiger partial charge in [-0.15, -0.1) is 0 Å². The van der Waals surface area contributed by atoms with Crippen molar-refractivity contribution in [2.45, 2.75) is 380 Å². The number of carbonyl (C=O) groups excluding carboxylic acids is 3. The molecule has 842 valence electrons. The second-order valence-electron chi connectivity index (χ2n) is 37.8. The average molecular weight is 2190 g/mol. The Morgan fingerprint density at radius 2 is 0.703 bits per heavy atom. The van der Waals surface area contributed by atoms with Gasteiger partial charge in [-0.2, -0.15) is 0 Å². The number of carbonyl (C=O) groups is 5. The van der Waals surface area contributed by atoms with Gasteiger partial charge in [-0.25, -0.2) is 9.59 Å². The third-order valence-corrected chi connectivity index (χ3v) is 28.1. The third kappa shape index (κ3) is 27.5. The summed E-state index contributed by atoms with van der Waals surface area (Å²) in [6.07, 6.45) is -102.